The minimum atomic E-state index is -3.41. The van der Waals surface area contributed by atoms with Gasteiger partial charge in [-0.15, -0.1) is 11.8 Å². The Bertz CT molecular complexity index is 566. The fourth-order valence-electron chi connectivity index (χ4n) is 2.43. The van der Waals surface area contributed by atoms with Gasteiger partial charge in [-0.05, 0) is 49.3 Å². The molecule has 2 rings (SSSR count). The minimum absolute atomic E-state index is 0.112. The van der Waals surface area contributed by atoms with Gasteiger partial charge in [0.15, 0.2) is 9.84 Å². The number of rotatable bonds is 3. The van der Waals surface area contributed by atoms with Crippen LogP contribution < -0.4 is 5.32 Å². The summed E-state index contributed by atoms with van der Waals surface area (Å²) in [4.78, 5) is 0.329. The van der Waals surface area contributed by atoms with Gasteiger partial charge in [-0.25, -0.2) is 12.8 Å². The molecule has 1 heterocycles. The van der Waals surface area contributed by atoms with Crippen molar-refractivity contribution in [2.45, 2.75) is 28.6 Å². The first-order chi connectivity index (χ1) is 8.93. The van der Waals surface area contributed by atoms with Gasteiger partial charge in [-0.3, -0.25) is 0 Å². The number of thioether (sulfide) groups is 1. The number of piperidine rings is 1. The lowest BCUT2D eigenvalue weighted by molar-refractivity contribution is 0.457. The summed E-state index contributed by atoms with van der Waals surface area (Å²) in [5, 5.41) is 3.26. The van der Waals surface area contributed by atoms with Crippen LogP contribution in [0.15, 0.2) is 21.9 Å². The van der Waals surface area contributed by atoms with E-state index in [1.807, 2.05) is 0 Å². The summed E-state index contributed by atoms with van der Waals surface area (Å²) in [7, 11) is -3.41. The molecule has 0 bridgehead atoms. The Kier molecular flexibility index (Phi) is 4.53. The van der Waals surface area contributed by atoms with Gasteiger partial charge >= 0.3 is 0 Å². The third-order valence-corrected chi connectivity index (χ3v) is 5.48. The fourth-order valence-corrected chi connectivity index (χ4v) is 4.44. The first-order valence-corrected chi connectivity index (χ1v) is 9.33. The standard InChI is InChI=1S/C13H18FNO2S2/c1-18-13-11(14)6-10(7-12(13)19(2,16)17)9-4-3-5-15-8-9/h6-7,9,15H,3-5,8H2,1-2H3. The maximum absolute atomic E-state index is 14.1. The first-order valence-electron chi connectivity index (χ1n) is 6.21. The number of benzene rings is 1. The molecule has 3 nitrogen and oxygen atoms in total. The van der Waals surface area contributed by atoms with E-state index in [2.05, 4.69) is 5.32 Å². The molecule has 1 fully saturated rings. The molecule has 6 heteroatoms. The van der Waals surface area contributed by atoms with Crippen LogP contribution in [-0.2, 0) is 9.84 Å². The van der Waals surface area contributed by atoms with Crippen LogP contribution in [0, 0.1) is 5.82 Å². The second kappa shape index (κ2) is 5.81. The maximum Gasteiger partial charge on any atom is 0.176 e. The highest BCUT2D eigenvalue weighted by molar-refractivity contribution is 7.99. The Morgan fingerprint density at radius 1 is 1.42 bits per heavy atom. The normalized spacial score (nSPS) is 20.5. The van der Waals surface area contributed by atoms with E-state index >= 15 is 0 Å². The molecule has 1 saturated heterocycles. The summed E-state index contributed by atoms with van der Waals surface area (Å²) in [6.07, 6.45) is 4.82. The molecule has 0 amide bonds. The van der Waals surface area contributed by atoms with E-state index in [4.69, 9.17) is 0 Å². The SMILES string of the molecule is CSc1c(F)cc(C2CCCNC2)cc1S(C)(=O)=O. The Morgan fingerprint density at radius 2 is 2.16 bits per heavy atom. The summed E-state index contributed by atoms with van der Waals surface area (Å²) in [5.74, 6) is -0.240. The largest absolute Gasteiger partial charge is 0.316 e. The molecule has 19 heavy (non-hydrogen) atoms. The monoisotopic (exact) mass is 303 g/mol. The molecule has 1 aromatic rings. The van der Waals surface area contributed by atoms with E-state index < -0.39 is 15.7 Å². The number of nitrogens with one attached hydrogen (secondary N) is 1. The molecular formula is C13H18FNO2S2. The lowest BCUT2D eigenvalue weighted by Gasteiger charge is -2.24. The molecule has 0 saturated carbocycles. The van der Waals surface area contributed by atoms with E-state index in [9.17, 15) is 12.8 Å². The Balaban J connectivity index is 2.50. The zero-order chi connectivity index (χ0) is 14.0. The summed E-state index contributed by atoms with van der Waals surface area (Å²) in [6, 6.07) is 3.13. The molecular weight excluding hydrogens is 285 g/mol. The highest BCUT2D eigenvalue weighted by atomic mass is 32.2. The van der Waals surface area contributed by atoms with E-state index in [-0.39, 0.29) is 15.7 Å². The van der Waals surface area contributed by atoms with Crippen molar-refractivity contribution in [3.63, 3.8) is 0 Å². The summed E-state index contributed by atoms with van der Waals surface area (Å²) >= 11 is 1.13. The van der Waals surface area contributed by atoms with E-state index in [1.165, 1.54) is 6.07 Å². The van der Waals surface area contributed by atoms with Gasteiger partial charge < -0.3 is 5.32 Å². The topological polar surface area (TPSA) is 46.2 Å². The van der Waals surface area contributed by atoms with Crippen molar-refractivity contribution < 1.29 is 12.8 Å². The average Bonchev–Trinajstić information content (AvgIpc) is 2.37. The Morgan fingerprint density at radius 3 is 2.68 bits per heavy atom. The number of hydrogen-bond donors (Lipinski definition) is 1. The van der Waals surface area contributed by atoms with E-state index in [0.717, 1.165) is 49.5 Å². The van der Waals surface area contributed by atoms with Crippen molar-refractivity contribution in [1.82, 2.24) is 5.32 Å². The minimum Gasteiger partial charge on any atom is -0.316 e. The Hall–Kier alpha value is -0.590. The smallest absolute Gasteiger partial charge is 0.176 e. The maximum atomic E-state index is 14.1. The lowest BCUT2D eigenvalue weighted by Crippen LogP contribution is -2.28. The van der Waals surface area contributed by atoms with Crippen molar-refractivity contribution in [3.05, 3.63) is 23.5 Å². The molecule has 1 unspecified atom stereocenters. The van der Waals surface area contributed by atoms with E-state index in [0.29, 0.717) is 0 Å². The predicted molar refractivity (Wildman–Crippen MR) is 76.1 cm³/mol. The average molecular weight is 303 g/mol. The molecule has 1 aliphatic heterocycles. The van der Waals surface area contributed by atoms with Crippen LogP contribution in [0.1, 0.15) is 24.3 Å². The predicted octanol–water partition coefficient (Wildman–Crippen LogP) is 2.42. The van der Waals surface area contributed by atoms with Crippen LogP contribution in [0.2, 0.25) is 0 Å². The summed E-state index contributed by atoms with van der Waals surface area (Å²) in [5.41, 5.74) is 0.780. The quantitative estimate of drug-likeness (QED) is 0.871. The van der Waals surface area contributed by atoms with Gasteiger partial charge in [-0.1, -0.05) is 0 Å². The van der Waals surface area contributed by atoms with Gasteiger partial charge in [-0.2, -0.15) is 0 Å². The highest BCUT2D eigenvalue weighted by Gasteiger charge is 2.22. The first kappa shape index (κ1) is 14.8. The number of hydrogen-bond acceptors (Lipinski definition) is 4. The van der Waals surface area contributed by atoms with Crippen LogP contribution in [0.5, 0.6) is 0 Å². The second-order valence-corrected chi connectivity index (χ2v) is 7.65. The molecule has 0 aromatic heterocycles. The van der Waals surface area contributed by atoms with Crippen LogP contribution in [-0.4, -0.2) is 34.0 Å². The highest BCUT2D eigenvalue weighted by Crippen LogP contribution is 2.33. The molecule has 0 aliphatic carbocycles. The molecule has 1 aliphatic rings. The van der Waals surface area contributed by atoms with Gasteiger partial charge in [0.05, 0.1) is 9.79 Å². The summed E-state index contributed by atoms with van der Waals surface area (Å²) in [6.45, 7) is 1.75. The van der Waals surface area contributed by atoms with Crippen LogP contribution >= 0.6 is 11.8 Å². The fraction of sp³-hybridized carbons (Fsp3) is 0.538. The van der Waals surface area contributed by atoms with Crippen molar-refractivity contribution in [3.8, 4) is 0 Å². The molecule has 1 aromatic carbocycles. The summed E-state index contributed by atoms with van der Waals surface area (Å²) < 4.78 is 37.7. The molecule has 1 N–H and O–H groups in total. The van der Waals surface area contributed by atoms with Gasteiger partial charge in [0.2, 0.25) is 0 Å². The lowest BCUT2D eigenvalue weighted by atomic mass is 9.92. The molecule has 106 valence electrons. The van der Waals surface area contributed by atoms with Gasteiger partial charge in [0, 0.05) is 12.8 Å². The molecule has 0 spiro atoms. The van der Waals surface area contributed by atoms with Crippen molar-refractivity contribution in [1.29, 1.82) is 0 Å². The number of sulfone groups is 1. The van der Waals surface area contributed by atoms with Crippen molar-refractivity contribution in [2.24, 2.45) is 0 Å². The zero-order valence-electron chi connectivity index (χ0n) is 11.1. The Labute approximate surface area is 117 Å². The molecule has 0 radical (unpaired) electrons. The van der Waals surface area contributed by atoms with E-state index in [1.54, 1.807) is 12.3 Å². The zero-order valence-corrected chi connectivity index (χ0v) is 12.7. The van der Waals surface area contributed by atoms with Crippen LogP contribution in [0.4, 0.5) is 4.39 Å². The third-order valence-electron chi connectivity index (χ3n) is 3.40. The number of halogens is 1. The van der Waals surface area contributed by atoms with Crippen molar-refractivity contribution in [2.75, 3.05) is 25.6 Å². The van der Waals surface area contributed by atoms with Crippen molar-refractivity contribution >= 4 is 21.6 Å². The third kappa shape index (κ3) is 3.30. The van der Waals surface area contributed by atoms with Crippen LogP contribution in [0.25, 0.3) is 0 Å². The molecule has 1 atom stereocenters. The second-order valence-electron chi connectivity index (χ2n) is 4.85. The van der Waals surface area contributed by atoms with Crippen LogP contribution in [0.3, 0.4) is 0 Å². The van der Waals surface area contributed by atoms with Gasteiger partial charge in [0.25, 0.3) is 0 Å². The van der Waals surface area contributed by atoms with Gasteiger partial charge in [0.1, 0.15) is 5.82 Å².